The number of nitrogens with two attached hydrogens (primary N) is 1. The number of aliphatic hydroxyl groups excluding tert-OH is 2. The number of nitrogens with one attached hydrogen (secondary N) is 1. The summed E-state index contributed by atoms with van der Waals surface area (Å²) in [5.41, 5.74) is 5.25. The van der Waals surface area contributed by atoms with E-state index in [-0.39, 0.29) is 19.6 Å². The van der Waals surface area contributed by atoms with Gasteiger partial charge in [-0.2, -0.15) is 0 Å². The third-order valence-corrected chi connectivity index (χ3v) is 3.75. The average molecular weight is 366 g/mol. The van der Waals surface area contributed by atoms with E-state index in [4.69, 9.17) is 10.5 Å². The molecule has 140 valence electrons. The minimum Gasteiger partial charge on any atom is -0.445 e. The topological polar surface area (TPSA) is 105 Å². The summed E-state index contributed by atoms with van der Waals surface area (Å²) in [5.74, 6) is -2.59. The molecule has 0 saturated heterocycles. The SMILES string of the molecule is Nc1ccc(C(O)C(O)CCNC(=O)OCc2ccccc2)c(F)c1F. The number of hydrogen-bond acceptors (Lipinski definition) is 5. The fourth-order valence-electron chi connectivity index (χ4n) is 2.27. The van der Waals surface area contributed by atoms with Crippen molar-refractivity contribution < 1.29 is 28.5 Å². The smallest absolute Gasteiger partial charge is 0.407 e. The molecule has 6 nitrogen and oxygen atoms in total. The van der Waals surface area contributed by atoms with Crippen LogP contribution in [0.5, 0.6) is 0 Å². The van der Waals surface area contributed by atoms with Crippen LogP contribution in [-0.4, -0.2) is 29.0 Å². The fourth-order valence-corrected chi connectivity index (χ4v) is 2.27. The maximum Gasteiger partial charge on any atom is 0.407 e. The summed E-state index contributed by atoms with van der Waals surface area (Å²) >= 11 is 0. The van der Waals surface area contributed by atoms with Crippen LogP contribution in [0.15, 0.2) is 42.5 Å². The molecule has 0 aliphatic rings. The van der Waals surface area contributed by atoms with Crippen LogP contribution >= 0.6 is 0 Å². The summed E-state index contributed by atoms with van der Waals surface area (Å²) in [6.45, 7) is 0.0682. The van der Waals surface area contributed by atoms with Crippen molar-refractivity contribution in [2.45, 2.75) is 25.2 Å². The van der Waals surface area contributed by atoms with E-state index in [1.165, 1.54) is 0 Å². The van der Waals surface area contributed by atoms with Gasteiger partial charge in [0.15, 0.2) is 11.6 Å². The van der Waals surface area contributed by atoms with E-state index in [0.29, 0.717) is 0 Å². The molecule has 2 atom stereocenters. The van der Waals surface area contributed by atoms with Gasteiger partial charge in [0.2, 0.25) is 0 Å². The number of carbonyl (C=O) groups is 1. The predicted octanol–water partition coefficient (Wildman–Crippen LogP) is 2.26. The molecule has 2 unspecified atom stereocenters. The highest BCUT2D eigenvalue weighted by atomic mass is 19.2. The highest BCUT2D eigenvalue weighted by molar-refractivity contribution is 5.67. The lowest BCUT2D eigenvalue weighted by molar-refractivity contribution is 0.0113. The Bertz CT molecular complexity index is 743. The van der Waals surface area contributed by atoms with E-state index < -0.39 is 41.2 Å². The van der Waals surface area contributed by atoms with Crippen LogP contribution in [0.2, 0.25) is 0 Å². The second-order valence-corrected chi connectivity index (χ2v) is 5.66. The van der Waals surface area contributed by atoms with Crippen LogP contribution in [0.4, 0.5) is 19.3 Å². The molecule has 2 rings (SSSR count). The Kier molecular flexibility index (Phi) is 6.88. The Labute approximate surface area is 149 Å². The number of anilines is 1. The van der Waals surface area contributed by atoms with Crippen molar-refractivity contribution in [1.82, 2.24) is 5.32 Å². The molecule has 2 aromatic carbocycles. The normalized spacial score (nSPS) is 13.1. The average Bonchev–Trinajstić information content (AvgIpc) is 2.65. The largest absolute Gasteiger partial charge is 0.445 e. The number of ether oxygens (including phenoxy) is 1. The third kappa shape index (κ3) is 5.14. The summed E-state index contributed by atoms with van der Waals surface area (Å²) in [6, 6.07) is 11.3. The van der Waals surface area contributed by atoms with Crippen molar-refractivity contribution in [1.29, 1.82) is 0 Å². The number of alkyl carbamates (subject to hydrolysis) is 1. The van der Waals surface area contributed by atoms with Crippen molar-refractivity contribution in [3.8, 4) is 0 Å². The first kappa shape index (κ1) is 19.6. The number of rotatable bonds is 7. The summed E-state index contributed by atoms with van der Waals surface area (Å²) in [4.78, 5) is 11.6. The quantitative estimate of drug-likeness (QED) is 0.563. The Balaban J connectivity index is 1.78. The zero-order valence-corrected chi connectivity index (χ0v) is 13.9. The molecular formula is C18H20F2N2O4. The molecule has 0 aliphatic heterocycles. The Hall–Kier alpha value is -2.71. The van der Waals surface area contributed by atoms with Gasteiger partial charge in [0.05, 0.1) is 11.8 Å². The molecule has 0 fully saturated rings. The zero-order valence-electron chi connectivity index (χ0n) is 13.9. The van der Waals surface area contributed by atoms with E-state index >= 15 is 0 Å². The zero-order chi connectivity index (χ0) is 19.1. The molecule has 1 amide bonds. The van der Waals surface area contributed by atoms with Crippen molar-refractivity contribution in [2.24, 2.45) is 0 Å². The Morgan fingerprint density at radius 1 is 1.12 bits per heavy atom. The standard InChI is InChI=1S/C18H20F2N2O4/c19-15-12(6-7-13(21)16(15)20)17(24)14(23)8-9-22-18(25)26-10-11-4-2-1-3-5-11/h1-7,14,17,23-24H,8-10,21H2,(H,22,25). The van der Waals surface area contributed by atoms with Crippen molar-refractivity contribution in [3.63, 3.8) is 0 Å². The maximum atomic E-state index is 13.8. The number of halogens is 2. The lowest BCUT2D eigenvalue weighted by atomic mass is 10.0. The van der Waals surface area contributed by atoms with Gasteiger partial charge < -0.3 is 26.0 Å². The van der Waals surface area contributed by atoms with E-state index in [0.717, 1.165) is 17.7 Å². The first-order chi connectivity index (χ1) is 12.4. The number of nitrogen functional groups attached to an aromatic ring is 1. The molecule has 0 radical (unpaired) electrons. The minimum atomic E-state index is -1.66. The van der Waals surface area contributed by atoms with Gasteiger partial charge in [0, 0.05) is 12.1 Å². The van der Waals surface area contributed by atoms with Crippen molar-refractivity contribution in [3.05, 3.63) is 65.2 Å². The first-order valence-electron chi connectivity index (χ1n) is 7.94. The lowest BCUT2D eigenvalue weighted by Gasteiger charge is -2.19. The Morgan fingerprint density at radius 3 is 2.50 bits per heavy atom. The molecule has 5 N–H and O–H groups in total. The fraction of sp³-hybridized carbons (Fsp3) is 0.278. The maximum absolute atomic E-state index is 13.8. The van der Waals surface area contributed by atoms with Gasteiger partial charge in [-0.05, 0) is 18.1 Å². The van der Waals surface area contributed by atoms with Gasteiger partial charge in [-0.1, -0.05) is 36.4 Å². The predicted molar refractivity (Wildman–Crippen MR) is 91.0 cm³/mol. The lowest BCUT2D eigenvalue weighted by Crippen LogP contribution is -2.30. The Morgan fingerprint density at radius 2 is 1.81 bits per heavy atom. The van der Waals surface area contributed by atoms with Crippen LogP contribution in [0.25, 0.3) is 0 Å². The summed E-state index contributed by atoms with van der Waals surface area (Å²) in [5, 5.41) is 22.3. The van der Waals surface area contributed by atoms with Gasteiger partial charge >= 0.3 is 6.09 Å². The van der Waals surface area contributed by atoms with Crippen LogP contribution < -0.4 is 11.1 Å². The number of amides is 1. The van der Waals surface area contributed by atoms with Gasteiger partial charge in [0.25, 0.3) is 0 Å². The van der Waals surface area contributed by atoms with Gasteiger partial charge in [-0.3, -0.25) is 0 Å². The minimum absolute atomic E-state index is 0.0229. The van der Waals surface area contributed by atoms with Crippen molar-refractivity contribution >= 4 is 11.8 Å². The van der Waals surface area contributed by atoms with Crippen LogP contribution in [0.3, 0.4) is 0 Å². The highest BCUT2D eigenvalue weighted by Gasteiger charge is 2.24. The molecule has 0 spiro atoms. The molecule has 26 heavy (non-hydrogen) atoms. The first-order valence-corrected chi connectivity index (χ1v) is 7.94. The molecule has 2 aromatic rings. The van der Waals surface area contributed by atoms with E-state index in [9.17, 15) is 23.8 Å². The number of benzene rings is 2. The van der Waals surface area contributed by atoms with Gasteiger partial charge in [-0.15, -0.1) is 0 Å². The van der Waals surface area contributed by atoms with E-state index in [1.54, 1.807) is 12.1 Å². The van der Waals surface area contributed by atoms with E-state index in [2.05, 4.69) is 5.32 Å². The molecule has 0 aliphatic carbocycles. The monoisotopic (exact) mass is 366 g/mol. The third-order valence-electron chi connectivity index (χ3n) is 3.75. The number of hydrogen-bond donors (Lipinski definition) is 4. The van der Waals surface area contributed by atoms with E-state index in [1.807, 2.05) is 18.2 Å². The van der Waals surface area contributed by atoms with Gasteiger partial charge in [0.1, 0.15) is 12.7 Å². The second kappa shape index (κ2) is 9.12. The summed E-state index contributed by atoms with van der Waals surface area (Å²) < 4.78 is 32.2. The number of aliphatic hydroxyl groups is 2. The number of carbonyl (C=O) groups excluding carboxylic acids is 1. The molecule has 0 aromatic heterocycles. The molecule has 0 bridgehead atoms. The van der Waals surface area contributed by atoms with Crippen LogP contribution in [0.1, 0.15) is 23.7 Å². The van der Waals surface area contributed by atoms with Crippen LogP contribution in [-0.2, 0) is 11.3 Å². The van der Waals surface area contributed by atoms with Crippen molar-refractivity contribution in [2.75, 3.05) is 12.3 Å². The summed E-state index contributed by atoms with van der Waals surface area (Å²) in [6.07, 6.45) is -3.86. The molecule has 0 saturated carbocycles. The van der Waals surface area contributed by atoms with Crippen LogP contribution in [0, 0.1) is 11.6 Å². The molecular weight excluding hydrogens is 346 g/mol. The molecule has 0 heterocycles. The highest BCUT2D eigenvalue weighted by Crippen LogP contribution is 2.26. The molecule has 8 heteroatoms. The second-order valence-electron chi connectivity index (χ2n) is 5.66. The summed E-state index contributed by atoms with van der Waals surface area (Å²) in [7, 11) is 0. The van der Waals surface area contributed by atoms with Gasteiger partial charge in [-0.25, -0.2) is 13.6 Å².